The van der Waals surface area contributed by atoms with Crippen LogP contribution < -0.4 is 5.32 Å². The Labute approximate surface area is 112 Å². The molecule has 0 saturated heterocycles. The number of carboxylic acid groups (broad SMARTS) is 1. The van der Waals surface area contributed by atoms with Crippen molar-refractivity contribution in [3.8, 4) is 0 Å². The van der Waals surface area contributed by atoms with Crippen LogP contribution in [0.1, 0.15) is 21.9 Å². The Bertz CT molecular complexity index is 667. The summed E-state index contributed by atoms with van der Waals surface area (Å²) in [6, 6.07) is 3.81. The average Bonchev–Trinajstić information content (AvgIpc) is 2.81. The van der Waals surface area contributed by atoms with Crippen molar-refractivity contribution in [2.45, 2.75) is 13.5 Å². The summed E-state index contributed by atoms with van der Waals surface area (Å²) < 4.78 is 4.94. The van der Waals surface area contributed by atoms with Gasteiger partial charge in [-0.3, -0.25) is 10.1 Å². The van der Waals surface area contributed by atoms with Crippen molar-refractivity contribution in [1.29, 1.82) is 0 Å². The van der Waals surface area contributed by atoms with Gasteiger partial charge in [0.2, 0.25) is 5.82 Å². The first-order valence-corrected chi connectivity index (χ1v) is 5.52. The van der Waals surface area contributed by atoms with Crippen LogP contribution >= 0.6 is 0 Å². The van der Waals surface area contributed by atoms with Gasteiger partial charge in [-0.1, -0.05) is 5.16 Å². The standard InChI is InChI=1S/C11H10N4O5/c1-6-4-7(20-14-6)5-12-10-9(15(18)19)3-2-8(13-10)11(16)17/h2-4H,5H2,1H3,(H,12,13)(H,16,17). The summed E-state index contributed by atoms with van der Waals surface area (Å²) in [5.74, 6) is -0.943. The number of rotatable bonds is 5. The van der Waals surface area contributed by atoms with Crippen LogP contribution in [-0.4, -0.2) is 26.1 Å². The number of anilines is 1. The summed E-state index contributed by atoms with van der Waals surface area (Å²) in [7, 11) is 0. The highest BCUT2D eigenvalue weighted by Gasteiger charge is 2.18. The fourth-order valence-electron chi connectivity index (χ4n) is 1.52. The number of carbonyl (C=O) groups is 1. The third-order valence-electron chi connectivity index (χ3n) is 2.40. The highest BCUT2D eigenvalue weighted by atomic mass is 16.6. The third-order valence-corrected chi connectivity index (χ3v) is 2.40. The van der Waals surface area contributed by atoms with Crippen LogP contribution in [-0.2, 0) is 6.54 Å². The van der Waals surface area contributed by atoms with Crippen molar-refractivity contribution in [2.24, 2.45) is 0 Å². The maximum Gasteiger partial charge on any atom is 0.354 e. The van der Waals surface area contributed by atoms with Gasteiger partial charge in [0.05, 0.1) is 17.2 Å². The minimum Gasteiger partial charge on any atom is -0.477 e. The van der Waals surface area contributed by atoms with Gasteiger partial charge in [-0.25, -0.2) is 9.78 Å². The zero-order chi connectivity index (χ0) is 14.7. The van der Waals surface area contributed by atoms with Crippen LogP contribution in [0.2, 0.25) is 0 Å². The smallest absolute Gasteiger partial charge is 0.354 e. The number of pyridine rings is 1. The van der Waals surface area contributed by atoms with Crippen molar-refractivity contribution in [3.05, 3.63) is 45.5 Å². The SMILES string of the molecule is Cc1cc(CNc2nc(C(=O)O)ccc2[N+](=O)[O-])on1. The first-order valence-electron chi connectivity index (χ1n) is 5.52. The molecule has 2 rings (SSSR count). The molecule has 0 aliphatic rings. The van der Waals surface area contributed by atoms with Gasteiger partial charge in [-0.2, -0.15) is 0 Å². The topological polar surface area (TPSA) is 131 Å². The summed E-state index contributed by atoms with van der Waals surface area (Å²) in [5, 5.41) is 26.0. The van der Waals surface area contributed by atoms with Crippen molar-refractivity contribution < 1.29 is 19.3 Å². The number of hydrogen-bond acceptors (Lipinski definition) is 7. The molecule has 2 aromatic rings. The van der Waals surface area contributed by atoms with E-state index in [0.717, 1.165) is 12.1 Å². The molecule has 0 fully saturated rings. The number of aromatic nitrogens is 2. The van der Waals surface area contributed by atoms with Gasteiger partial charge in [0, 0.05) is 12.1 Å². The van der Waals surface area contributed by atoms with E-state index in [0.29, 0.717) is 11.5 Å². The second-order valence-corrected chi connectivity index (χ2v) is 3.91. The lowest BCUT2D eigenvalue weighted by Crippen LogP contribution is -2.08. The highest BCUT2D eigenvalue weighted by molar-refractivity contribution is 5.86. The van der Waals surface area contributed by atoms with E-state index in [2.05, 4.69) is 15.5 Å². The molecular weight excluding hydrogens is 268 g/mol. The molecule has 2 heterocycles. The Morgan fingerprint density at radius 3 is 2.85 bits per heavy atom. The molecule has 0 amide bonds. The van der Waals surface area contributed by atoms with Crippen LogP contribution in [0, 0.1) is 17.0 Å². The number of nitrogens with one attached hydrogen (secondary N) is 1. The normalized spacial score (nSPS) is 10.2. The van der Waals surface area contributed by atoms with Gasteiger partial charge in [0.15, 0.2) is 11.5 Å². The molecule has 0 aromatic carbocycles. The second kappa shape index (κ2) is 5.34. The molecule has 0 unspecified atom stereocenters. The summed E-state index contributed by atoms with van der Waals surface area (Å²) >= 11 is 0. The van der Waals surface area contributed by atoms with Crippen molar-refractivity contribution >= 4 is 17.5 Å². The van der Waals surface area contributed by atoms with E-state index in [-0.39, 0.29) is 23.7 Å². The Kier molecular flexibility index (Phi) is 3.60. The Morgan fingerprint density at radius 2 is 2.30 bits per heavy atom. The quantitative estimate of drug-likeness (QED) is 0.622. The van der Waals surface area contributed by atoms with E-state index >= 15 is 0 Å². The molecule has 2 N–H and O–H groups in total. The fraction of sp³-hybridized carbons (Fsp3) is 0.182. The van der Waals surface area contributed by atoms with E-state index in [1.807, 2.05) is 0 Å². The van der Waals surface area contributed by atoms with E-state index in [1.54, 1.807) is 13.0 Å². The molecule has 0 bridgehead atoms. The van der Waals surface area contributed by atoms with Crippen molar-refractivity contribution in [1.82, 2.24) is 10.1 Å². The van der Waals surface area contributed by atoms with Crippen LogP contribution in [0.25, 0.3) is 0 Å². The van der Waals surface area contributed by atoms with Gasteiger partial charge in [-0.15, -0.1) is 0 Å². The molecule has 0 spiro atoms. The summed E-state index contributed by atoms with van der Waals surface area (Å²) in [4.78, 5) is 24.7. The van der Waals surface area contributed by atoms with Crippen molar-refractivity contribution in [3.63, 3.8) is 0 Å². The molecule has 2 aromatic heterocycles. The second-order valence-electron chi connectivity index (χ2n) is 3.91. The number of nitro groups is 1. The summed E-state index contributed by atoms with van der Waals surface area (Å²) in [6.07, 6.45) is 0. The average molecular weight is 278 g/mol. The lowest BCUT2D eigenvalue weighted by molar-refractivity contribution is -0.384. The van der Waals surface area contributed by atoms with Crippen LogP contribution in [0.3, 0.4) is 0 Å². The van der Waals surface area contributed by atoms with E-state index in [9.17, 15) is 14.9 Å². The monoisotopic (exact) mass is 278 g/mol. The van der Waals surface area contributed by atoms with Crippen LogP contribution in [0.5, 0.6) is 0 Å². The zero-order valence-electron chi connectivity index (χ0n) is 10.4. The number of aromatic carboxylic acids is 1. The highest BCUT2D eigenvalue weighted by Crippen LogP contribution is 2.22. The minimum atomic E-state index is -1.27. The molecule has 0 aliphatic heterocycles. The number of aryl methyl sites for hydroxylation is 1. The minimum absolute atomic E-state index is 0.109. The number of nitrogens with zero attached hydrogens (tertiary/aromatic N) is 3. The molecule has 0 saturated carbocycles. The Morgan fingerprint density at radius 1 is 1.55 bits per heavy atom. The molecule has 0 radical (unpaired) electrons. The summed E-state index contributed by atoms with van der Waals surface area (Å²) in [6.45, 7) is 1.84. The predicted molar refractivity (Wildman–Crippen MR) is 66.4 cm³/mol. The maximum atomic E-state index is 10.9. The number of carboxylic acids is 1. The predicted octanol–water partition coefficient (Wildman–Crippen LogP) is 1.60. The van der Waals surface area contributed by atoms with E-state index in [4.69, 9.17) is 9.63 Å². The Hall–Kier alpha value is -2.97. The maximum absolute atomic E-state index is 10.9. The molecular formula is C11H10N4O5. The lowest BCUT2D eigenvalue weighted by atomic mass is 10.3. The lowest BCUT2D eigenvalue weighted by Gasteiger charge is -2.04. The molecule has 0 atom stereocenters. The third kappa shape index (κ3) is 2.88. The molecule has 9 nitrogen and oxygen atoms in total. The van der Waals surface area contributed by atoms with Crippen molar-refractivity contribution in [2.75, 3.05) is 5.32 Å². The summed E-state index contributed by atoms with van der Waals surface area (Å²) in [5.41, 5.74) is 0.0710. The first-order chi connectivity index (χ1) is 9.47. The largest absolute Gasteiger partial charge is 0.477 e. The molecule has 0 aliphatic carbocycles. The van der Waals surface area contributed by atoms with Gasteiger partial charge < -0.3 is 14.9 Å². The van der Waals surface area contributed by atoms with Crippen LogP contribution in [0.15, 0.2) is 22.7 Å². The van der Waals surface area contributed by atoms with E-state index in [1.165, 1.54) is 0 Å². The molecule has 9 heteroatoms. The van der Waals surface area contributed by atoms with Gasteiger partial charge in [0.1, 0.15) is 0 Å². The van der Waals surface area contributed by atoms with Gasteiger partial charge in [-0.05, 0) is 13.0 Å². The fourth-order valence-corrected chi connectivity index (χ4v) is 1.52. The van der Waals surface area contributed by atoms with Gasteiger partial charge >= 0.3 is 11.7 Å². The first kappa shape index (κ1) is 13.5. The van der Waals surface area contributed by atoms with E-state index < -0.39 is 10.9 Å². The van der Waals surface area contributed by atoms with Gasteiger partial charge in [0.25, 0.3) is 0 Å². The van der Waals surface area contributed by atoms with Crippen LogP contribution in [0.4, 0.5) is 11.5 Å². The zero-order valence-corrected chi connectivity index (χ0v) is 10.4. The molecule has 104 valence electrons. The Balaban J connectivity index is 2.25. The number of hydrogen-bond donors (Lipinski definition) is 2. The molecule has 20 heavy (non-hydrogen) atoms.